The van der Waals surface area contributed by atoms with Crippen molar-refractivity contribution in [1.29, 1.82) is 0 Å². The van der Waals surface area contributed by atoms with Gasteiger partial charge in [-0.1, -0.05) is 31.2 Å². The monoisotopic (exact) mass is 327 g/mol. The Labute approximate surface area is 141 Å². The predicted molar refractivity (Wildman–Crippen MR) is 88.0 cm³/mol. The van der Waals surface area contributed by atoms with Crippen molar-refractivity contribution in [1.82, 2.24) is 5.32 Å². The first-order valence-electron chi connectivity index (χ1n) is 8.14. The lowest BCUT2D eigenvalue weighted by Crippen LogP contribution is -2.44. The highest BCUT2D eigenvalue weighted by atomic mass is 16.5. The van der Waals surface area contributed by atoms with Gasteiger partial charge >= 0.3 is 5.97 Å². The molecular weight excluding hydrogens is 306 g/mol. The third kappa shape index (κ3) is 2.64. The molecule has 0 saturated heterocycles. The zero-order chi connectivity index (χ0) is 17.4. The number of amides is 1. The summed E-state index contributed by atoms with van der Waals surface area (Å²) in [6.45, 7) is 3.81. The third-order valence-electron chi connectivity index (χ3n) is 5.02. The summed E-state index contributed by atoms with van der Waals surface area (Å²) in [7, 11) is 1.30. The van der Waals surface area contributed by atoms with Crippen LogP contribution in [0.2, 0.25) is 0 Å². The molecule has 126 valence electrons. The number of allylic oxidation sites excluding steroid dienone is 2. The molecule has 1 N–H and O–H groups in total. The molecule has 3 rings (SSSR count). The van der Waals surface area contributed by atoms with Gasteiger partial charge in [-0.2, -0.15) is 0 Å². The summed E-state index contributed by atoms with van der Waals surface area (Å²) < 4.78 is 4.83. The van der Waals surface area contributed by atoms with Crippen LogP contribution in [0.15, 0.2) is 35.5 Å². The Hall–Kier alpha value is -2.43. The van der Waals surface area contributed by atoms with Gasteiger partial charge in [-0.05, 0) is 30.4 Å². The van der Waals surface area contributed by atoms with Crippen LogP contribution in [0.4, 0.5) is 0 Å². The molecule has 24 heavy (non-hydrogen) atoms. The molecule has 2 aliphatic rings. The maximum absolute atomic E-state index is 13.1. The van der Waals surface area contributed by atoms with E-state index >= 15 is 0 Å². The topological polar surface area (TPSA) is 72.5 Å². The lowest BCUT2D eigenvalue weighted by Gasteiger charge is -2.36. The number of ketones is 1. The van der Waals surface area contributed by atoms with Gasteiger partial charge in [-0.3, -0.25) is 14.4 Å². The second-order valence-electron chi connectivity index (χ2n) is 6.60. The number of Topliss-reactive ketones (excluding diaryl/α,β-unsaturated/α-hetero) is 1. The molecule has 1 aromatic carbocycles. The highest BCUT2D eigenvalue weighted by Gasteiger charge is 2.45. The van der Waals surface area contributed by atoms with Crippen molar-refractivity contribution in [3.63, 3.8) is 0 Å². The van der Waals surface area contributed by atoms with E-state index in [4.69, 9.17) is 4.74 Å². The summed E-state index contributed by atoms with van der Waals surface area (Å²) in [5, 5.41) is 2.84. The second kappa shape index (κ2) is 6.23. The zero-order valence-electron chi connectivity index (χ0n) is 14.1. The first-order valence-corrected chi connectivity index (χ1v) is 8.14. The lowest BCUT2D eigenvalue weighted by molar-refractivity contribution is -0.151. The first kappa shape index (κ1) is 16.4. The molecule has 3 atom stereocenters. The van der Waals surface area contributed by atoms with E-state index in [9.17, 15) is 14.4 Å². The number of benzene rings is 1. The summed E-state index contributed by atoms with van der Waals surface area (Å²) in [6.07, 6.45) is 0.715. The lowest BCUT2D eigenvalue weighted by atomic mass is 9.70. The molecule has 5 nitrogen and oxygen atoms in total. The van der Waals surface area contributed by atoms with Crippen molar-refractivity contribution in [2.24, 2.45) is 11.8 Å². The van der Waals surface area contributed by atoms with Gasteiger partial charge in [-0.15, -0.1) is 0 Å². The van der Waals surface area contributed by atoms with E-state index in [1.807, 2.05) is 38.1 Å². The first-order chi connectivity index (χ1) is 11.4. The Morgan fingerprint density at radius 1 is 1.21 bits per heavy atom. The molecule has 0 saturated carbocycles. The standard InChI is InChI=1S/C19H21NO4/c1-10-6-4-5-7-12(10)13-9-15(21)20-14-8-11(2)16(19(23)24-3)18(22)17(13)14/h4-7,11,13,16H,8-9H2,1-3H3,(H,20,21)/t11-,13+,16-/m0/s1. The molecule has 0 aromatic heterocycles. The number of hydrogen-bond acceptors (Lipinski definition) is 4. The predicted octanol–water partition coefficient (Wildman–Crippen LogP) is 2.25. The van der Waals surface area contributed by atoms with Crippen LogP contribution in [0.1, 0.15) is 36.8 Å². The van der Waals surface area contributed by atoms with E-state index in [0.29, 0.717) is 17.7 Å². The minimum atomic E-state index is -0.796. The summed E-state index contributed by atoms with van der Waals surface area (Å²) >= 11 is 0. The Balaban J connectivity index is 2.10. The largest absolute Gasteiger partial charge is 0.468 e. The number of methoxy groups -OCH3 is 1. The average molecular weight is 327 g/mol. The van der Waals surface area contributed by atoms with Gasteiger partial charge in [0.25, 0.3) is 0 Å². The van der Waals surface area contributed by atoms with Crippen LogP contribution in [0.3, 0.4) is 0 Å². The Kier molecular flexibility index (Phi) is 4.26. The van der Waals surface area contributed by atoms with E-state index in [2.05, 4.69) is 5.32 Å². The fraction of sp³-hybridized carbons (Fsp3) is 0.421. The van der Waals surface area contributed by atoms with Crippen molar-refractivity contribution < 1.29 is 19.1 Å². The molecule has 1 heterocycles. The van der Waals surface area contributed by atoms with Crippen molar-refractivity contribution >= 4 is 17.7 Å². The maximum atomic E-state index is 13.1. The molecule has 0 bridgehead atoms. The Bertz CT molecular complexity index is 749. The van der Waals surface area contributed by atoms with Crippen LogP contribution in [-0.4, -0.2) is 24.8 Å². The number of aryl methyl sites for hydroxylation is 1. The van der Waals surface area contributed by atoms with Crippen LogP contribution < -0.4 is 5.32 Å². The van der Waals surface area contributed by atoms with E-state index in [1.54, 1.807) is 0 Å². The second-order valence-corrected chi connectivity index (χ2v) is 6.60. The van der Waals surface area contributed by atoms with Gasteiger partial charge < -0.3 is 10.1 Å². The van der Waals surface area contributed by atoms with Gasteiger partial charge in [0.15, 0.2) is 5.78 Å². The van der Waals surface area contributed by atoms with Gasteiger partial charge in [0, 0.05) is 23.6 Å². The van der Waals surface area contributed by atoms with Crippen molar-refractivity contribution in [2.75, 3.05) is 7.11 Å². The average Bonchev–Trinajstić information content (AvgIpc) is 2.53. The quantitative estimate of drug-likeness (QED) is 0.668. The van der Waals surface area contributed by atoms with Gasteiger partial charge in [0.1, 0.15) is 5.92 Å². The number of ether oxygens (including phenoxy) is 1. The van der Waals surface area contributed by atoms with Crippen molar-refractivity contribution in [2.45, 2.75) is 32.6 Å². The molecule has 0 radical (unpaired) electrons. The number of esters is 1. The fourth-order valence-electron chi connectivity index (χ4n) is 3.84. The summed E-state index contributed by atoms with van der Waals surface area (Å²) in [5.74, 6) is -2.10. The number of nitrogens with one attached hydrogen (secondary N) is 1. The Morgan fingerprint density at radius 3 is 2.58 bits per heavy atom. The molecular formula is C19H21NO4. The van der Waals surface area contributed by atoms with E-state index in [0.717, 1.165) is 11.1 Å². The molecule has 0 unspecified atom stereocenters. The van der Waals surface area contributed by atoms with Crippen LogP contribution in [0.25, 0.3) is 0 Å². The molecule has 1 aromatic rings. The molecule has 1 aliphatic carbocycles. The number of hydrogen-bond donors (Lipinski definition) is 1. The van der Waals surface area contributed by atoms with Crippen LogP contribution in [0, 0.1) is 18.8 Å². The van der Waals surface area contributed by atoms with Gasteiger partial charge in [0.05, 0.1) is 7.11 Å². The zero-order valence-corrected chi connectivity index (χ0v) is 14.1. The van der Waals surface area contributed by atoms with E-state index in [-0.39, 0.29) is 29.9 Å². The molecule has 5 heteroatoms. The van der Waals surface area contributed by atoms with Crippen molar-refractivity contribution in [3.05, 3.63) is 46.7 Å². The van der Waals surface area contributed by atoms with Gasteiger partial charge in [0.2, 0.25) is 5.91 Å². The number of carbonyl (C=O) groups excluding carboxylic acids is 3. The summed E-state index contributed by atoms with van der Waals surface area (Å²) in [6, 6.07) is 7.75. The number of carbonyl (C=O) groups is 3. The molecule has 0 fully saturated rings. The highest BCUT2D eigenvalue weighted by Crippen LogP contribution is 2.42. The third-order valence-corrected chi connectivity index (χ3v) is 5.02. The summed E-state index contributed by atoms with van der Waals surface area (Å²) in [4.78, 5) is 37.3. The van der Waals surface area contributed by atoms with E-state index < -0.39 is 11.9 Å². The van der Waals surface area contributed by atoms with Crippen LogP contribution >= 0.6 is 0 Å². The molecule has 0 spiro atoms. The highest BCUT2D eigenvalue weighted by molar-refractivity contribution is 6.11. The fourth-order valence-corrected chi connectivity index (χ4v) is 3.84. The normalized spacial score (nSPS) is 26.7. The molecule has 1 aliphatic heterocycles. The SMILES string of the molecule is COC(=O)[C@@H]1C(=O)C2=C(C[C@@H]1C)NC(=O)C[C@@H]2c1ccccc1C. The smallest absolute Gasteiger partial charge is 0.316 e. The van der Waals surface area contributed by atoms with Crippen LogP contribution in [0.5, 0.6) is 0 Å². The molecule has 1 amide bonds. The van der Waals surface area contributed by atoms with Crippen molar-refractivity contribution in [3.8, 4) is 0 Å². The minimum Gasteiger partial charge on any atom is -0.468 e. The number of rotatable bonds is 2. The van der Waals surface area contributed by atoms with Crippen LogP contribution in [-0.2, 0) is 19.1 Å². The minimum absolute atomic E-state index is 0.0847. The van der Waals surface area contributed by atoms with E-state index in [1.165, 1.54) is 7.11 Å². The maximum Gasteiger partial charge on any atom is 0.316 e. The van der Waals surface area contributed by atoms with Gasteiger partial charge in [-0.25, -0.2) is 0 Å². The summed E-state index contributed by atoms with van der Waals surface area (Å²) in [5.41, 5.74) is 3.23. The Morgan fingerprint density at radius 2 is 1.92 bits per heavy atom.